The average Bonchev–Trinajstić information content (AvgIpc) is 2.95. The Labute approximate surface area is 145 Å². The summed E-state index contributed by atoms with van der Waals surface area (Å²) in [6.45, 7) is 1.61. The summed E-state index contributed by atoms with van der Waals surface area (Å²) in [4.78, 5) is 38.1. The predicted molar refractivity (Wildman–Crippen MR) is 88.0 cm³/mol. The second-order valence-electron chi connectivity index (χ2n) is 5.55. The SMILES string of the molecule is CS(=O)(=O)N1CCN(C(=O)COC(=O)CCN2CCSC2=O)CC1. The second-order valence-corrected chi connectivity index (χ2v) is 8.58. The fraction of sp³-hybridized carbons (Fsp3) is 0.769. The highest BCUT2D eigenvalue weighted by molar-refractivity contribution is 8.13. The Kier molecular flexibility index (Phi) is 6.47. The van der Waals surface area contributed by atoms with Gasteiger partial charge < -0.3 is 14.5 Å². The average molecular weight is 379 g/mol. The van der Waals surface area contributed by atoms with Crippen molar-refractivity contribution in [3.8, 4) is 0 Å². The molecule has 0 aromatic carbocycles. The van der Waals surface area contributed by atoms with E-state index in [1.54, 1.807) is 4.90 Å². The quantitative estimate of drug-likeness (QED) is 0.556. The number of rotatable bonds is 6. The van der Waals surface area contributed by atoms with Crippen molar-refractivity contribution < 1.29 is 27.5 Å². The lowest BCUT2D eigenvalue weighted by Gasteiger charge is -2.33. The molecule has 2 heterocycles. The second kappa shape index (κ2) is 8.17. The van der Waals surface area contributed by atoms with E-state index in [0.717, 1.165) is 12.0 Å². The number of nitrogens with zero attached hydrogens (tertiary/aromatic N) is 3. The third-order valence-electron chi connectivity index (χ3n) is 3.85. The van der Waals surface area contributed by atoms with Crippen LogP contribution in [-0.2, 0) is 24.3 Å². The van der Waals surface area contributed by atoms with Crippen molar-refractivity contribution >= 4 is 38.9 Å². The number of thioether (sulfide) groups is 1. The minimum Gasteiger partial charge on any atom is -0.456 e. The number of sulfonamides is 1. The maximum absolute atomic E-state index is 12.0. The zero-order valence-electron chi connectivity index (χ0n) is 13.5. The van der Waals surface area contributed by atoms with Crippen LogP contribution < -0.4 is 0 Å². The molecule has 2 aliphatic heterocycles. The number of amides is 2. The number of ether oxygens (including phenoxy) is 1. The van der Waals surface area contributed by atoms with Crippen LogP contribution in [0.2, 0.25) is 0 Å². The first-order valence-corrected chi connectivity index (χ1v) is 10.4. The lowest BCUT2D eigenvalue weighted by atomic mass is 10.3. The van der Waals surface area contributed by atoms with Gasteiger partial charge in [-0.1, -0.05) is 11.8 Å². The Hall–Kier alpha value is -1.33. The summed E-state index contributed by atoms with van der Waals surface area (Å²) >= 11 is 1.22. The molecule has 0 radical (unpaired) electrons. The molecule has 0 bridgehead atoms. The Morgan fingerprint density at radius 2 is 1.83 bits per heavy atom. The summed E-state index contributed by atoms with van der Waals surface area (Å²) in [5.74, 6) is -0.140. The fourth-order valence-electron chi connectivity index (χ4n) is 2.43. The molecule has 2 fully saturated rings. The van der Waals surface area contributed by atoms with Gasteiger partial charge in [0.25, 0.3) is 11.1 Å². The van der Waals surface area contributed by atoms with E-state index < -0.39 is 16.0 Å². The van der Waals surface area contributed by atoms with Gasteiger partial charge in [0.05, 0.1) is 12.7 Å². The van der Waals surface area contributed by atoms with Gasteiger partial charge in [-0.2, -0.15) is 4.31 Å². The minimum atomic E-state index is -3.24. The molecule has 2 amide bonds. The number of carbonyl (C=O) groups is 3. The summed E-state index contributed by atoms with van der Waals surface area (Å²) in [7, 11) is -3.24. The van der Waals surface area contributed by atoms with Crippen LogP contribution >= 0.6 is 11.8 Å². The van der Waals surface area contributed by atoms with E-state index in [1.165, 1.54) is 21.0 Å². The molecule has 0 N–H and O–H groups in total. The van der Waals surface area contributed by atoms with Crippen LogP contribution in [0.4, 0.5) is 4.79 Å². The fourth-order valence-corrected chi connectivity index (χ4v) is 4.11. The Morgan fingerprint density at radius 1 is 1.17 bits per heavy atom. The van der Waals surface area contributed by atoms with Crippen LogP contribution in [0.5, 0.6) is 0 Å². The van der Waals surface area contributed by atoms with Crippen LogP contribution in [-0.4, -0.2) is 97.5 Å². The van der Waals surface area contributed by atoms with Gasteiger partial charge in [-0.25, -0.2) is 8.42 Å². The first-order chi connectivity index (χ1) is 11.3. The monoisotopic (exact) mass is 379 g/mol. The van der Waals surface area contributed by atoms with Crippen molar-refractivity contribution in [2.45, 2.75) is 6.42 Å². The Bertz CT molecular complexity index is 601. The molecule has 0 aromatic heterocycles. The van der Waals surface area contributed by atoms with Gasteiger partial charge in [-0.05, 0) is 0 Å². The number of hydrogen-bond acceptors (Lipinski definition) is 7. The molecule has 0 saturated carbocycles. The molecule has 2 aliphatic rings. The maximum atomic E-state index is 12.0. The maximum Gasteiger partial charge on any atom is 0.308 e. The smallest absolute Gasteiger partial charge is 0.308 e. The molecule has 9 nitrogen and oxygen atoms in total. The normalized spacial score (nSPS) is 19.6. The number of esters is 1. The van der Waals surface area contributed by atoms with E-state index in [9.17, 15) is 22.8 Å². The summed E-state index contributed by atoms with van der Waals surface area (Å²) in [6, 6.07) is 0. The highest BCUT2D eigenvalue weighted by Crippen LogP contribution is 2.17. The Balaban J connectivity index is 1.66. The third kappa shape index (κ3) is 5.35. The molecular weight excluding hydrogens is 358 g/mol. The van der Waals surface area contributed by atoms with Crippen LogP contribution in [0.15, 0.2) is 0 Å². The van der Waals surface area contributed by atoms with Crippen LogP contribution in [0.3, 0.4) is 0 Å². The predicted octanol–water partition coefficient (Wildman–Crippen LogP) is -0.808. The van der Waals surface area contributed by atoms with Crippen molar-refractivity contribution in [3.63, 3.8) is 0 Å². The molecular formula is C13H21N3O6S2. The highest BCUT2D eigenvalue weighted by Gasteiger charge is 2.26. The largest absolute Gasteiger partial charge is 0.456 e. The third-order valence-corrected chi connectivity index (χ3v) is 6.04. The summed E-state index contributed by atoms with van der Waals surface area (Å²) in [5, 5.41) is -0.0392. The molecule has 136 valence electrons. The highest BCUT2D eigenvalue weighted by atomic mass is 32.2. The molecule has 2 saturated heterocycles. The van der Waals surface area contributed by atoms with Crippen molar-refractivity contribution in [1.82, 2.24) is 14.1 Å². The first-order valence-electron chi connectivity index (χ1n) is 7.57. The summed E-state index contributed by atoms with van der Waals surface area (Å²) in [6.07, 6.45) is 1.19. The van der Waals surface area contributed by atoms with E-state index in [1.807, 2.05) is 0 Å². The number of piperazine rings is 1. The van der Waals surface area contributed by atoms with Crippen molar-refractivity contribution in [3.05, 3.63) is 0 Å². The number of carbonyl (C=O) groups excluding carboxylic acids is 3. The molecule has 2 rings (SSSR count). The van der Waals surface area contributed by atoms with Gasteiger partial charge in [0, 0.05) is 45.0 Å². The first kappa shape index (κ1) is 19.0. The number of hydrogen-bond donors (Lipinski definition) is 0. The van der Waals surface area contributed by atoms with Gasteiger partial charge >= 0.3 is 5.97 Å². The van der Waals surface area contributed by atoms with E-state index in [4.69, 9.17) is 4.74 Å². The van der Waals surface area contributed by atoms with Gasteiger partial charge in [-0.3, -0.25) is 14.4 Å². The van der Waals surface area contributed by atoms with Crippen LogP contribution in [0.1, 0.15) is 6.42 Å². The van der Waals surface area contributed by atoms with Gasteiger partial charge in [0.15, 0.2) is 6.61 Å². The van der Waals surface area contributed by atoms with E-state index in [2.05, 4.69) is 0 Å². The minimum absolute atomic E-state index is 0.0392. The molecule has 0 aliphatic carbocycles. The van der Waals surface area contributed by atoms with E-state index >= 15 is 0 Å². The van der Waals surface area contributed by atoms with E-state index in [-0.39, 0.29) is 50.4 Å². The van der Waals surface area contributed by atoms with Crippen molar-refractivity contribution in [1.29, 1.82) is 0 Å². The van der Waals surface area contributed by atoms with Gasteiger partial charge in [0.1, 0.15) is 0 Å². The van der Waals surface area contributed by atoms with Gasteiger partial charge in [0.2, 0.25) is 10.0 Å². The zero-order valence-corrected chi connectivity index (χ0v) is 15.1. The van der Waals surface area contributed by atoms with Crippen LogP contribution in [0, 0.1) is 0 Å². The van der Waals surface area contributed by atoms with E-state index in [0.29, 0.717) is 13.1 Å². The molecule has 24 heavy (non-hydrogen) atoms. The zero-order chi connectivity index (χ0) is 17.7. The molecule has 0 aromatic rings. The van der Waals surface area contributed by atoms with Gasteiger partial charge in [-0.15, -0.1) is 0 Å². The lowest BCUT2D eigenvalue weighted by molar-refractivity contribution is -0.152. The Morgan fingerprint density at radius 3 is 2.38 bits per heavy atom. The van der Waals surface area contributed by atoms with Crippen LogP contribution in [0.25, 0.3) is 0 Å². The topological polar surface area (TPSA) is 104 Å². The lowest BCUT2D eigenvalue weighted by Crippen LogP contribution is -2.51. The summed E-state index contributed by atoms with van der Waals surface area (Å²) in [5.41, 5.74) is 0. The standard InChI is InChI=1S/C13H21N3O6S2/c1-24(20,21)16-6-4-14(5-7-16)11(17)10-22-12(18)2-3-15-8-9-23-13(15)19/h2-10H2,1H3. The summed E-state index contributed by atoms with van der Waals surface area (Å²) < 4.78 is 29.1. The van der Waals surface area contributed by atoms with Crippen molar-refractivity contribution in [2.24, 2.45) is 0 Å². The molecule has 0 unspecified atom stereocenters. The van der Waals surface area contributed by atoms with Crippen molar-refractivity contribution in [2.75, 3.05) is 57.9 Å². The molecule has 0 spiro atoms. The molecule has 11 heteroatoms. The molecule has 0 atom stereocenters.